The molecule has 0 radical (unpaired) electrons. The molecule has 0 aliphatic rings. The van der Waals surface area contributed by atoms with E-state index in [4.69, 9.17) is 15.7 Å². The number of rotatable bonds is 3. The molecule has 0 aliphatic heterocycles. The van der Waals surface area contributed by atoms with Crippen LogP contribution >= 0.6 is 0 Å². The number of nitrogen functional groups attached to an aromatic ring is 1. The van der Waals surface area contributed by atoms with Gasteiger partial charge in [0.15, 0.2) is 0 Å². The highest BCUT2D eigenvalue weighted by Crippen LogP contribution is 2.25. The van der Waals surface area contributed by atoms with Crippen molar-refractivity contribution in [1.29, 1.82) is 5.26 Å². The molecule has 0 bridgehead atoms. The lowest BCUT2D eigenvalue weighted by molar-refractivity contribution is 0.308. The predicted octanol–water partition coefficient (Wildman–Crippen LogP) is 3.03. The van der Waals surface area contributed by atoms with Crippen LogP contribution in [0, 0.1) is 18.3 Å². The van der Waals surface area contributed by atoms with E-state index in [0.717, 1.165) is 11.1 Å². The molecule has 2 rings (SSSR count). The fourth-order valence-corrected chi connectivity index (χ4v) is 1.62. The maximum atomic E-state index is 8.71. The number of anilines is 1. The lowest BCUT2D eigenvalue weighted by atomic mass is 10.1. The second-order valence-corrected chi connectivity index (χ2v) is 4.08. The van der Waals surface area contributed by atoms with E-state index in [1.165, 1.54) is 0 Å². The molecule has 0 spiro atoms. The van der Waals surface area contributed by atoms with E-state index in [-0.39, 0.29) is 0 Å². The van der Waals surface area contributed by atoms with Crippen LogP contribution < -0.4 is 10.5 Å². The van der Waals surface area contributed by atoms with Gasteiger partial charge in [-0.15, -0.1) is 0 Å². The molecule has 0 saturated heterocycles. The molecule has 0 heterocycles. The quantitative estimate of drug-likeness (QED) is 0.836. The standard InChI is InChI=1S/C15H14N2O/c1-11-3-2-4-14(15(11)17)18-10-13-7-5-12(9-16)6-8-13/h2-8H,10,17H2,1H3. The summed E-state index contributed by atoms with van der Waals surface area (Å²) >= 11 is 0. The third-order valence-corrected chi connectivity index (χ3v) is 2.76. The SMILES string of the molecule is Cc1cccc(OCc2ccc(C#N)cc2)c1N. The number of hydrogen-bond acceptors (Lipinski definition) is 3. The topological polar surface area (TPSA) is 59.0 Å². The summed E-state index contributed by atoms with van der Waals surface area (Å²) in [6, 6.07) is 15.1. The Kier molecular flexibility index (Phi) is 3.49. The Hall–Kier alpha value is -2.47. The van der Waals surface area contributed by atoms with Crippen LogP contribution in [-0.2, 0) is 6.61 Å². The first-order valence-corrected chi connectivity index (χ1v) is 5.67. The molecule has 0 aromatic heterocycles. The van der Waals surface area contributed by atoms with Crippen molar-refractivity contribution in [3.8, 4) is 11.8 Å². The van der Waals surface area contributed by atoms with E-state index in [1.807, 2.05) is 37.3 Å². The number of benzene rings is 2. The average molecular weight is 238 g/mol. The van der Waals surface area contributed by atoms with Crippen LogP contribution in [0.5, 0.6) is 5.75 Å². The monoisotopic (exact) mass is 238 g/mol. The molecule has 0 atom stereocenters. The fourth-order valence-electron chi connectivity index (χ4n) is 1.62. The first-order chi connectivity index (χ1) is 8.70. The van der Waals surface area contributed by atoms with Crippen molar-refractivity contribution in [3.63, 3.8) is 0 Å². The molecule has 3 heteroatoms. The van der Waals surface area contributed by atoms with Gasteiger partial charge in [-0.2, -0.15) is 5.26 Å². The van der Waals surface area contributed by atoms with Crippen molar-refractivity contribution in [2.75, 3.05) is 5.73 Å². The minimum absolute atomic E-state index is 0.444. The largest absolute Gasteiger partial charge is 0.487 e. The Labute approximate surface area is 106 Å². The maximum absolute atomic E-state index is 8.71. The summed E-state index contributed by atoms with van der Waals surface area (Å²) < 4.78 is 5.67. The van der Waals surface area contributed by atoms with Gasteiger partial charge in [0.1, 0.15) is 12.4 Å². The number of nitrogens with zero attached hydrogens (tertiary/aromatic N) is 1. The highest BCUT2D eigenvalue weighted by atomic mass is 16.5. The zero-order valence-corrected chi connectivity index (χ0v) is 10.2. The van der Waals surface area contributed by atoms with Crippen molar-refractivity contribution in [2.24, 2.45) is 0 Å². The second-order valence-electron chi connectivity index (χ2n) is 4.08. The van der Waals surface area contributed by atoms with Crippen LogP contribution in [0.2, 0.25) is 0 Å². The Morgan fingerprint density at radius 1 is 1.17 bits per heavy atom. The summed E-state index contributed by atoms with van der Waals surface area (Å²) in [6.45, 7) is 2.39. The van der Waals surface area contributed by atoms with Gasteiger partial charge >= 0.3 is 0 Å². The van der Waals surface area contributed by atoms with Crippen LogP contribution in [0.1, 0.15) is 16.7 Å². The highest BCUT2D eigenvalue weighted by Gasteiger charge is 2.03. The summed E-state index contributed by atoms with van der Waals surface area (Å²) in [5.41, 5.74) is 9.26. The van der Waals surface area contributed by atoms with Crippen LogP contribution in [0.4, 0.5) is 5.69 Å². The molecule has 90 valence electrons. The van der Waals surface area contributed by atoms with Gasteiger partial charge in [-0.1, -0.05) is 24.3 Å². The summed E-state index contributed by atoms with van der Waals surface area (Å²) in [4.78, 5) is 0. The van der Waals surface area contributed by atoms with Gasteiger partial charge in [-0.3, -0.25) is 0 Å². The van der Waals surface area contributed by atoms with E-state index in [1.54, 1.807) is 12.1 Å². The third-order valence-electron chi connectivity index (χ3n) is 2.76. The molecule has 0 aliphatic carbocycles. The Bertz CT molecular complexity index is 582. The van der Waals surface area contributed by atoms with Crippen molar-refractivity contribution >= 4 is 5.69 Å². The van der Waals surface area contributed by atoms with Crippen LogP contribution in [0.15, 0.2) is 42.5 Å². The van der Waals surface area contributed by atoms with Gasteiger partial charge in [0.05, 0.1) is 17.3 Å². The molecular weight excluding hydrogens is 224 g/mol. The first-order valence-electron chi connectivity index (χ1n) is 5.67. The van der Waals surface area contributed by atoms with Crippen LogP contribution in [-0.4, -0.2) is 0 Å². The minimum atomic E-state index is 0.444. The lowest BCUT2D eigenvalue weighted by Crippen LogP contribution is -2.00. The molecule has 2 aromatic rings. The summed E-state index contributed by atoms with van der Waals surface area (Å²) in [5, 5.41) is 8.71. The smallest absolute Gasteiger partial charge is 0.142 e. The van der Waals surface area contributed by atoms with E-state index >= 15 is 0 Å². The number of aryl methyl sites for hydroxylation is 1. The summed E-state index contributed by atoms with van der Waals surface area (Å²) in [6.07, 6.45) is 0. The highest BCUT2D eigenvalue weighted by molar-refractivity contribution is 5.57. The number of ether oxygens (including phenoxy) is 1. The normalized spacial score (nSPS) is 9.78. The number of nitrogens with two attached hydrogens (primary N) is 1. The number of nitriles is 1. The number of hydrogen-bond donors (Lipinski definition) is 1. The molecule has 0 unspecified atom stereocenters. The molecule has 0 amide bonds. The van der Waals surface area contributed by atoms with Gasteiger partial charge in [-0.05, 0) is 36.2 Å². The van der Waals surface area contributed by atoms with Gasteiger partial charge in [0.2, 0.25) is 0 Å². The zero-order valence-electron chi connectivity index (χ0n) is 10.2. The molecule has 18 heavy (non-hydrogen) atoms. The zero-order chi connectivity index (χ0) is 13.0. The minimum Gasteiger partial charge on any atom is -0.487 e. The van der Waals surface area contributed by atoms with Gasteiger partial charge in [-0.25, -0.2) is 0 Å². The van der Waals surface area contributed by atoms with Crippen LogP contribution in [0.3, 0.4) is 0 Å². The van der Waals surface area contributed by atoms with E-state index in [0.29, 0.717) is 23.6 Å². The second kappa shape index (κ2) is 5.24. The van der Waals surface area contributed by atoms with Crippen molar-refractivity contribution in [1.82, 2.24) is 0 Å². The Morgan fingerprint density at radius 3 is 2.56 bits per heavy atom. The Morgan fingerprint density at radius 2 is 1.89 bits per heavy atom. The molecule has 3 nitrogen and oxygen atoms in total. The number of para-hydroxylation sites is 1. The fraction of sp³-hybridized carbons (Fsp3) is 0.133. The van der Waals surface area contributed by atoms with Gasteiger partial charge in [0, 0.05) is 0 Å². The molecule has 2 aromatic carbocycles. The van der Waals surface area contributed by atoms with Crippen molar-refractivity contribution in [2.45, 2.75) is 13.5 Å². The predicted molar refractivity (Wildman–Crippen MR) is 71.1 cm³/mol. The molecular formula is C15H14N2O. The molecule has 0 fully saturated rings. The average Bonchev–Trinajstić information content (AvgIpc) is 2.41. The first kappa shape index (κ1) is 12.0. The van der Waals surface area contributed by atoms with Crippen molar-refractivity contribution < 1.29 is 4.74 Å². The van der Waals surface area contributed by atoms with Gasteiger partial charge in [0.25, 0.3) is 0 Å². The third kappa shape index (κ3) is 2.61. The summed E-state index contributed by atoms with van der Waals surface area (Å²) in [5.74, 6) is 0.694. The van der Waals surface area contributed by atoms with Crippen molar-refractivity contribution in [3.05, 3.63) is 59.2 Å². The summed E-state index contributed by atoms with van der Waals surface area (Å²) in [7, 11) is 0. The Balaban J connectivity index is 2.07. The van der Waals surface area contributed by atoms with E-state index in [9.17, 15) is 0 Å². The molecule has 2 N–H and O–H groups in total. The lowest BCUT2D eigenvalue weighted by Gasteiger charge is -2.10. The van der Waals surface area contributed by atoms with Gasteiger partial charge < -0.3 is 10.5 Å². The van der Waals surface area contributed by atoms with E-state index < -0.39 is 0 Å². The van der Waals surface area contributed by atoms with E-state index in [2.05, 4.69) is 6.07 Å². The maximum Gasteiger partial charge on any atom is 0.142 e. The van der Waals surface area contributed by atoms with Crippen LogP contribution in [0.25, 0.3) is 0 Å². The molecule has 0 saturated carbocycles.